The highest BCUT2D eigenvalue weighted by atomic mass is 16.3. The number of aliphatic hydroxyl groups is 1. The van der Waals surface area contributed by atoms with Gasteiger partial charge in [0, 0.05) is 19.1 Å². The van der Waals surface area contributed by atoms with E-state index in [0.717, 1.165) is 38.8 Å². The molecule has 2 rings (SSSR count). The summed E-state index contributed by atoms with van der Waals surface area (Å²) in [6.45, 7) is 5.06. The molecule has 1 aliphatic heterocycles. The Morgan fingerprint density at radius 3 is 2.74 bits per heavy atom. The summed E-state index contributed by atoms with van der Waals surface area (Å²) in [6, 6.07) is 0.643. The van der Waals surface area contributed by atoms with E-state index in [1.54, 1.807) is 0 Å². The van der Waals surface area contributed by atoms with Gasteiger partial charge < -0.3 is 10.4 Å². The monoisotopic (exact) mass is 268 g/mol. The molecule has 1 atom stereocenters. The Morgan fingerprint density at radius 2 is 2.05 bits per heavy atom. The highest BCUT2D eigenvalue weighted by Gasteiger charge is 2.33. The lowest BCUT2D eigenvalue weighted by atomic mass is 9.98. The van der Waals surface area contributed by atoms with Crippen molar-refractivity contribution in [1.82, 2.24) is 10.2 Å². The second kappa shape index (κ2) is 6.71. The number of rotatable bonds is 5. The molecule has 110 valence electrons. The lowest BCUT2D eigenvalue weighted by Gasteiger charge is -2.33. The summed E-state index contributed by atoms with van der Waals surface area (Å²) in [5, 5.41) is 13.1. The molecule has 0 radical (unpaired) electrons. The summed E-state index contributed by atoms with van der Waals surface area (Å²) in [7, 11) is 0. The zero-order valence-corrected chi connectivity index (χ0v) is 12.2. The minimum Gasteiger partial charge on any atom is -0.389 e. The van der Waals surface area contributed by atoms with Gasteiger partial charge in [-0.2, -0.15) is 0 Å². The quantitative estimate of drug-likeness (QED) is 0.797. The lowest BCUT2D eigenvalue weighted by molar-refractivity contribution is -0.126. The van der Waals surface area contributed by atoms with Crippen LogP contribution in [0.15, 0.2) is 0 Å². The van der Waals surface area contributed by atoms with Crippen LogP contribution in [0, 0.1) is 0 Å². The van der Waals surface area contributed by atoms with Gasteiger partial charge in [0.25, 0.3) is 0 Å². The molecule has 2 aliphatic rings. The number of carbonyl (C=O) groups is 1. The minimum atomic E-state index is -0.720. The number of carbonyl (C=O) groups excluding carboxylic acids is 1. The van der Waals surface area contributed by atoms with E-state index in [2.05, 4.69) is 17.1 Å². The van der Waals surface area contributed by atoms with Gasteiger partial charge in [0.2, 0.25) is 5.91 Å². The highest BCUT2D eigenvalue weighted by Crippen LogP contribution is 2.32. The third-order valence-corrected chi connectivity index (χ3v) is 4.69. The van der Waals surface area contributed by atoms with E-state index in [1.807, 2.05) is 0 Å². The number of amides is 1. The van der Waals surface area contributed by atoms with Crippen molar-refractivity contribution in [3.63, 3.8) is 0 Å². The largest absolute Gasteiger partial charge is 0.389 e. The van der Waals surface area contributed by atoms with Crippen molar-refractivity contribution >= 4 is 5.91 Å². The van der Waals surface area contributed by atoms with Gasteiger partial charge in [-0.15, -0.1) is 0 Å². The first kappa shape index (κ1) is 14.8. The van der Waals surface area contributed by atoms with Crippen LogP contribution in [-0.2, 0) is 4.79 Å². The molecule has 2 fully saturated rings. The first-order valence-corrected chi connectivity index (χ1v) is 7.82. The molecular formula is C15H28N2O2. The molecule has 1 aliphatic carbocycles. The molecule has 4 nitrogen and oxygen atoms in total. The molecule has 1 unspecified atom stereocenters. The molecule has 0 bridgehead atoms. The first-order valence-electron chi connectivity index (χ1n) is 7.82. The standard InChI is InChI=1S/C15H28N2O2/c1-13-6-2-5-10-17(13)11-9-16-14(18)12-15(19)7-3-4-8-15/h13,19H,2-12H2,1H3,(H,16,18). The molecule has 2 N–H and O–H groups in total. The predicted octanol–water partition coefficient (Wildman–Crippen LogP) is 1.67. The molecule has 4 heteroatoms. The average molecular weight is 268 g/mol. The van der Waals surface area contributed by atoms with Crippen LogP contribution in [-0.4, -0.2) is 47.2 Å². The van der Waals surface area contributed by atoms with Gasteiger partial charge in [-0.1, -0.05) is 19.3 Å². The van der Waals surface area contributed by atoms with Crippen molar-refractivity contribution in [2.75, 3.05) is 19.6 Å². The van der Waals surface area contributed by atoms with E-state index in [4.69, 9.17) is 0 Å². The van der Waals surface area contributed by atoms with Crippen LogP contribution in [0.4, 0.5) is 0 Å². The van der Waals surface area contributed by atoms with Crippen LogP contribution in [0.3, 0.4) is 0 Å². The Bertz CT molecular complexity index is 301. The second-order valence-corrected chi connectivity index (χ2v) is 6.34. The Kier molecular flexibility index (Phi) is 5.22. The number of hydrogen-bond donors (Lipinski definition) is 2. The van der Waals surface area contributed by atoms with E-state index in [0.29, 0.717) is 12.6 Å². The zero-order valence-electron chi connectivity index (χ0n) is 12.2. The van der Waals surface area contributed by atoms with E-state index in [9.17, 15) is 9.90 Å². The average Bonchev–Trinajstić information content (AvgIpc) is 2.78. The molecule has 19 heavy (non-hydrogen) atoms. The van der Waals surface area contributed by atoms with Crippen LogP contribution in [0.1, 0.15) is 58.3 Å². The zero-order chi connectivity index (χ0) is 13.7. The fraction of sp³-hybridized carbons (Fsp3) is 0.933. The maximum absolute atomic E-state index is 11.8. The molecule has 0 aromatic rings. The van der Waals surface area contributed by atoms with E-state index >= 15 is 0 Å². The smallest absolute Gasteiger partial charge is 0.222 e. The SMILES string of the molecule is CC1CCCCN1CCNC(=O)CC1(O)CCCC1. The molecule has 0 aromatic heterocycles. The Hall–Kier alpha value is -0.610. The fourth-order valence-electron chi connectivity index (χ4n) is 3.40. The van der Waals surface area contributed by atoms with Gasteiger partial charge in [0.05, 0.1) is 12.0 Å². The number of piperidine rings is 1. The third kappa shape index (κ3) is 4.46. The summed E-state index contributed by atoms with van der Waals surface area (Å²) >= 11 is 0. The van der Waals surface area contributed by atoms with Crippen molar-refractivity contribution in [3.05, 3.63) is 0 Å². The normalized spacial score (nSPS) is 27.4. The fourth-order valence-corrected chi connectivity index (χ4v) is 3.40. The maximum atomic E-state index is 11.8. The Labute approximate surface area is 116 Å². The summed E-state index contributed by atoms with van der Waals surface area (Å²) < 4.78 is 0. The Morgan fingerprint density at radius 1 is 1.32 bits per heavy atom. The highest BCUT2D eigenvalue weighted by molar-refractivity contribution is 5.77. The lowest BCUT2D eigenvalue weighted by Crippen LogP contribution is -2.43. The van der Waals surface area contributed by atoms with Gasteiger partial charge in [-0.3, -0.25) is 9.69 Å². The summed E-state index contributed by atoms with van der Waals surface area (Å²) in [5.41, 5.74) is -0.720. The van der Waals surface area contributed by atoms with E-state index < -0.39 is 5.60 Å². The number of hydrogen-bond acceptors (Lipinski definition) is 3. The molecule has 1 saturated heterocycles. The van der Waals surface area contributed by atoms with Crippen molar-refractivity contribution in [1.29, 1.82) is 0 Å². The Balaban J connectivity index is 1.63. The van der Waals surface area contributed by atoms with Crippen molar-refractivity contribution in [3.8, 4) is 0 Å². The number of likely N-dealkylation sites (tertiary alicyclic amines) is 1. The summed E-state index contributed by atoms with van der Waals surface area (Å²) in [6.07, 6.45) is 7.82. The van der Waals surface area contributed by atoms with Crippen LogP contribution in [0.2, 0.25) is 0 Å². The van der Waals surface area contributed by atoms with Crippen LogP contribution >= 0.6 is 0 Å². The molecule has 0 spiro atoms. The van der Waals surface area contributed by atoms with Gasteiger partial charge >= 0.3 is 0 Å². The molecule has 1 heterocycles. The van der Waals surface area contributed by atoms with E-state index in [1.165, 1.54) is 19.3 Å². The van der Waals surface area contributed by atoms with Crippen LogP contribution in [0.5, 0.6) is 0 Å². The van der Waals surface area contributed by atoms with Gasteiger partial charge in [-0.25, -0.2) is 0 Å². The third-order valence-electron chi connectivity index (χ3n) is 4.69. The second-order valence-electron chi connectivity index (χ2n) is 6.34. The molecule has 1 amide bonds. The van der Waals surface area contributed by atoms with Gasteiger partial charge in [-0.05, 0) is 39.2 Å². The van der Waals surface area contributed by atoms with Crippen LogP contribution < -0.4 is 5.32 Å². The molecule has 1 saturated carbocycles. The topological polar surface area (TPSA) is 52.6 Å². The van der Waals surface area contributed by atoms with Crippen molar-refractivity contribution in [2.45, 2.75) is 69.9 Å². The van der Waals surface area contributed by atoms with Crippen LogP contribution in [0.25, 0.3) is 0 Å². The van der Waals surface area contributed by atoms with E-state index in [-0.39, 0.29) is 12.3 Å². The summed E-state index contributed by atoms with van der Waals surface area (Å²) in [5.74, 6) is 0.00839. The van der Waals surface area contributed by atoms with Crippen molar-refractivity contribution in [2.24, 2.45) is 0 Å². The van der Waals surface area contributed by atoms with Crippen molar-refractivity contribution < 1.29 is 9.90 Å². The number of nitrogens with one attached hydrogen (secondary N) is 1. The maximum Gasteiger partial charge on any atom is 0.222 e. The molecule has 0 aromatic carbocycles. The van der Waals surface area contributed by atoms with Gasteiger partial charge in [0.1, 0.15) is 0 Å². The summed E-state index contributed by atoms with van der Waals surface area (Å²) in [4.78, 5) is 14.3. The first-order chi connectivity index (χ1) is 9.09. The predicted molar refractivity (Wildman–Crippen MR) is 75.9 cm³/mol. The number of nitrogens with zero attached hydrogens (tertiary/aromatic N) is 1. The minimum absolute atomic E-state index is 0.00839. The van der Waals surface area contributed by atoms with Gasteiger partial charge in [0.15, 0.2) is 0 Å². The molecular weight excluding hydrogens is 240 g/mol.